The lowest BCUT2D eigenvalue weighted by Gasteiger charge is -2.15. The van der Waals surface area contributed by atoms with Gasteiger partial charge >= 0.3 is 0 Å². The van der Waals surface area contributed by atoms with Gasteiger partial charge in [-0.3, -0.25) is 0 Å². The van der Waals surface area contributed by atoms with Gasteiger partial charge in [-0.15, -0.1) is 0 Å². The molecule has 18 heavy (non-hydrogen) atoms. The highest BCUT2D eigenvalue weighted by atomic mass is 32.2. The van der Waals surface area contributed by atoms with Gasteiger partial charge in [0.25, 0.3) is 0 Å². The first-order valence-electron chi connectivity index (χ1n) is 5.82. The summed E-state index contributed by atoms with van der Waals surface area (Å²) < 4.78 is 36.0. The Hall–Kier alpha value is -1.27. The van der Waals surface area contributed by atoms with Crippen molar-refractivity contribution in [2.24, 2.45) is 0 Å². The van der Waals surface area contributed by atoms with Crippen LogP contribution >= 0.6 is 0 Å². The number of nitrogens with one attached hydrogen (secondary N) is 1. The summed E-state index contributed by atoms with van der Waals surface area (Å²) in [4.78, 5) is 0. The first-order chi connectivity index (χ1) is 8.46. The number of benzene rings is 1. The third-order valence-electron chi connectivity index (χ3n) is 2.66. The molecule has 1 N–H and O–H groups in total. The lowest BCUT2D eigenvalue weighted by molar-refractivity contribution is 0.297. The van der Waals surface area contributed by atoms with Crippen LogP contribution in [0.4, 0.5) is 0 Å². The van der Waals surface area contributed by atoms with Crippen LogP contribution in [0.15, 0.2) is 18.2 Å². The van der Waals surface area contributed by atoms with Gasteiger partial charge in [0.1, 0.15) is 0 Å². The predicted molar refractivity (Wildman–Crippen MR) is 68.4 cm³/mol. The van der Waals surface area contributed by atoms with Crippen molar-refractivity contribution in [3.8, 4) is 11.5 Å². The Balaban J connectivity index is 2.22. The molecule has 1 heterocycles. The van der Waals surface area contributed by atoms with E-state index < -0.39 is 10.0 Å². The Kier molecular flexibility index (Phi) is 3.77. The van der Waals surface area contributed by atoms with Crippen LogP contribution in [-0.2, 0) is 10.0 Å². The molecule has 5 nitrogen and oxygen atoms in total. The standard InChI is InChI=1S/C12H17NO4S/c1-9(13-18(2,14)15)10-4-5-11-12(8-10)17-7-3-6-16-11/h4-5,8-9,13H,3,6-7H2,1-2H3. The van der Waals surface area contributed by atoms with E-state index in [1.807, 2.05) is 18.2 Å². The molecule has 2 rings (SSSR count). The maximum absolute atomic E-state index is 11.2. The Morgan fingerprint density at radius 3 is 2.56 bits per heavy atom. The highest BCUT2D eigenvalue weighted by molar-refractivity contribution is 7.88. The molecule has 0 amide bonds. The maximum atomic E-state index is 11.2. The molecule has 0 saturated carbocycles. The fourth-order valence-electron chi connectivity index (χ4n) is 1.84. The van der Waals surface area contributed by atoms with Gasteiger partial charge in [0, 0.05) is 12.5 Å². The molecule has 0 bridgehead atoms. The second-order valence-electron chi connectivity index (χ2n) is 4.37. The zero-order chi connectivity index (χ0) is 13.2. The minimum Gasteiger partial charge on any atom is -0.490 e. The summed E-state index contributed by atoms with van der Waals surface area (Å²) in [6, 6.07) is 5.19. The topological polar surface area (TPSA) is 64.6 Å². The zero-order valence-corrected chi connectivity index (χ0v) is 11.3. The minimum atomic E-state index is -3.22. The normalized spacial score (nSPS) is 17.0. The molecule has 1 aliphatic rings. The molecule has 0 aliphatic carbocycles. The fourth-order valence-corrected chi connectivity index (χ4v) is 2.62. The quantitative estimate of drug-likeness (QED) is 0.904. The SMILES string of the molecule is CC(NS(C)(=O)=O)c1ccc2c(c1)OCCCO2. The van der Waals surface area contributed by atoms with Crippen molar-refractivity contribution in [2.45, 2.75) is 19.4 Å². The molecule has 1 aliphatic heterocycles. The lowest BCUT2D eigenvalue weighted by atomic mass is 10.1. The second-order valence-corrected chi connectivity index (χ2v) is 6.15. The number of hydrogen-bond donors (Lipinski definition) is 1. The molecule has 1 aromatic rings. The van der Waals surface area contributed by atoms with Gasteiger partial charge in [0.2, 0.25) is 10.0 Å². The second kappa shape index (κ2) is 5.16. The van der Waals surface area contributed by atoms with Gasteiger partial charge in [0.05, 0.1) is 19.5 Å². The molecule has 0 saturated heterocycles. The molecule has 100 valence electrons. The molecule has 6 heteroatoms. The minimum absolute atomic E-state index is 0.294. The Morgan fingerprint density at radius 2 is 1.89 bits per heavy atom. The average molecular weight is 271 g/mol. The highest BCUT2D eigenvalue weighted by Gasteiger charge is 2.15. The van der Waals surface area contributed by atoms with E-state index in [0.29, 0.717) is 24.7 Å². The van der Waals surface area contributed by atoms with Gasteiger partial charge in [0.15, 0.2) is 11.5 Å². The summed E-state index contributed by atoms with van der Waals surface area (Å²) in [5.41, 5.74) is 0.852. The van der Waals surface area contributed by atoms with Gasteiger partial charge in [-0.25, -0.2) is 13.1 Å². The van der Waals surface area contributed by atoms with E-state index in [-0.39, 0.29) is 6.04 Å². The highest BCUT2D eigenvalue weighted by Crippen LogP contribution is 2.32. The molecular formula is C12H17NO4S. The fraction of sp³-hybridized carbons (Fsp3) is 0.500. The number of sulfonamides is 1. The summed E-state index contributed by atoms with van der Waals surface area (Å²) in [6.07, 6.45) is 1.99. The van der Waals surface area contributed by atoms with Gasteiger partial charge in [-0.1, -0.05) is 6.07 Å². The van der Waals surface area contributed by atoms with Crippen molar-refractivity contribution in [1.29, 1.82) is 0 Å². The molecule has 0 fully saturated rings. The molecular weight excluding hydrogens is 254 g/mol. The third-order valence-corrected chi connectivity index (χ3v) is 3.44. The van der Waals surface area contributed by atoms with E-state index in [2.05, 4.69) is 4.72 Å². The zero-order valence-electron chi connectivity index (χ0n) is 10.5. The lowest BCUT2D eigenvalue weighted by Crippen LogP contribution is -2.25. The van der Waals surface area contributed by atoms with Crippen LogP contribution in [0, 0.1) is 0 Å². The van der Waals surface area contributed by atoms with Crippen LogP contribution < -0.4 is 14.2 Å². The van der Waals surface area contributed by atoms with Crippen LogP contribution in [0.2, 0.25) is 0 Å². The van der Waals surface area contributed by atoms with Crippen LogP contribution in [0.3, 0.4) is 0 Å². The van der Waals surface area contributed by atoms with Crippen molar-refractivity contribution in [3.63, 3.8) is 0 Å². The summed E-state index contributed by atoms with van der Waals surface area (Å²) in [5.74, 6) is 1.38. The molecule has 0 aromatic heterocycles. The van der Waals surface area contributed by atoms with Crippen molar-refractivity contribution >= 4 is 10.0 Å². The van der Waals surface area contributed by atoms with Crippen molar-refractivity contribution in [2.75, 3.05) is 19.5 Å². The number of ether oxygens (including phenoxy) is 2. The van der Waals surface area contributed by atoms with E-state index >= 15 is 0 Å². The summed E-state index contributed by atoms with van der Waals surface area (Å²) in [6.45, 7) is 3.05. The van der Waals surface area contributed by atoms with Crippen LogP contribution in [-0.4, -0.2) is 27.9 Å². The first-order valence-corrected chi connectivity index (χ1v) is 7.72. The number of hydrogen-bond acceptors (Lipinski definition) is 4. The largest absolute Gasteiger partial charge is 0.490 e. The average Bonchev–Trinajstić information content (AvgIpc) is 2.50. The van der Waals surface area contributed by atoms with Crippen LogP contribution in [0.5, 0.6) is 11.5 Å². The molecule has 0 radical (unpaired) electrons. The van der Waals surface area contributed by atoms with Crippen molar-refractivity contribution < 1.29 is 17.9 Å². The molecule has 1 aromatic carbocycles. The predicted octanol–water partition coefficient (Wildman–Crippen LogP) is 1.46. The van der Waals surface area contributed by atoms with E-state index in [9.17, 15) is 8.42 Å². The molecule has 1 atom stereocenters. The third kappa shape index (κ3) is 3.36. The molecule has 0 spiro atoms. The smallest absolute Gasteiger partial charge is 0.209 e. The van der Waals surface area contributed by atoms with E-state index in [0.717, 1.165) is 18.2 Å². The first kappa shape index (κ1) is 13.2. The van der Waals surface area contributed by atoms with Crippen LogP contribution in [0.25, 0.3) is 0 Å². The summed E-state index contributed by atoms with van der Waals surface area (Å²) in [7, 11) is -3.22. The Labute approximate surface area is 107 Å². The van der Waals surface area contributed by atoms with Gasteiger partial charge in [-0.05, 0) is 24.6 Å². The van der Waals surface area contributed by atoms with Gasteiger partial charge in [-0.2, -0.15) is 0 Å². The Bertz CT molecular complexity index is 527. The van der Waals surface area contributed by atoms with E-state index in [4.69, 9.17) is 9.47 Å². The monoisotopic (exact) mass is 271 g/mol. The number of rotatable bonds is 3. The summed E-state index contributed by atoms with van der Waals surface area (Å²) >= 11 is 0. The van der Waals surface area contributed by atoms with Crippen molar-refractivity contribution in [1.82, 2.24) is 4.72 Å². The maximum Gasteiger partial charge on any atom is 0.209 e. The van der Waals surface area contributed by atoms with E-state index in [1.165, 1.54) is 0 Å². The molecule has 1 unspecified atom stereocenters. The van der Waals surface area contributed by atoms with Gasteiger partial charge < -0.3 is 9.47 Å². The van der Waals surface area contributed by atoms with Crippen LogP contribution in [0.1, 0.15) is 24.9 Å². The summed E-state index contributed by atoms with van der Waals surface area (Å²) in [5, 5.41) is 0. The van der Waals surface area contributed by atoms with E-state index in [1.54, 1.807) is 6.92 Å². The number of fused-ring (bicyclic) bond motifs is 1. The van der Waals surface area contributed by atoms with Crippen molar-refractivity contribution in [3.05, 3.63) is 23.8 Å². The Morgan fingerprint density at radius 1 is 1.22 bits per heavy atom.